The Kier molecular flexibility index (Phi) is 2.99. The molecule has 5 nitrogen and oxygen atoms in total. The lowest BCUT2D eigenvalue weighted by molar-refractivity contribution is -0.388. The van der Waals surface area contributed by atoms with Gasteiger partial charge in [-0.1, -0.05) is 0 Å². The van der Waals surface area contributed by atoms with Crippen molar-refractivity contribution < 1.29 is 19.2 Å². The van der Waals surface area contributed by atoms with Gasteiger partial charge in [0, 0.05) is 5.56 Å². The summed E-state index contributed by atoms with van der Waals surface area (Å²) < 4.78 is 13.2. The van der Waals surface area contributed by atoms with Crippen molar-refractivity contribution in [2.24, 2.45) is 0 Å². The fraction of sp³-hybridized carbons (Fsp3) is 0.222. The van der Waals surface area contributed by atoms with Crippen LogP contribution in [0, 0.1) is 22.9 Å². The SMILES string of the molecule is Cc1cc(F)c([N+](=O)[O-])c(CC(=O)O)c1. The van der Waals surface area contributed by atoms with Crippen LogP contribution in [-0.4, -0.2) is 16.0 Å². The van der Waals surface area contributed by atoms with Crippen molar-refractivity contribution in [3.8, 4) is 0 Å². The van der Waals surface area contributed by atoms with Crippen LogP contribution in [0.3, 0.4) is 0 Å². The molecule has 1 rings (SSSR count). The van der Waals surface area contributed by atoms with Crippen LogP contribution in [-0.2, 0) is 11.2 Å². The molecule has 0 saturated carbocycles. The smallest absolute Gasteiger partial charge is 0.308 e. The summed E-state index contributed by atoms with van der Waals surface area (Å²) >= 11 is 0. The first kappa shape index (κ1) is 11.1. The fourth-order valence-electron chi connectivity index (χ4n) is 1.31. The van der Waals surface area contributed by atoms with E-state index in [1.54, 1.807) is 0 Å². The number of aryl methyl sites for hydroxylation is 1. The molecule has 0 aliphatic rings. The van der Waals surface area contributed by atoms with Gasteiger partial charge in [0.2, 0.25) is 5.82 Å². The van der Waals surface area contributed by atoms with E-state index in [2.05, 4.69) is 0 Å². The normalized spacial score (nSPS) is 10.0. The van der Waals surface area contributed by atoms with Gasteiger partial charge in [-0.05, 0) is 24.6 Å². The zero-order chi connectivity index (χ0) is 11.6. The molecule has 0 radical (unpaired) electrons. The lowest BCUT2D eigenvalue weighted by atomic mass is 10.1. The molecule has 0 heterocycles. The van der Waals surface area contributed by atoms with E-state index >= 15 is 0 Å². The van der Waals surface area contributed by atoms with Gasteiger partial charge in [0.25, 0.3) is 0 Å². The summed E-state index contributed by atoms with van der Waals surface area (Å²) in [4.78, 5) is 20.0. The molecule has 0 unspecified atom stereocenters. The molecule has 0 aliphatic heterocycles. The van der Waals surface area contributed by atoms with Gasteiger partial charge in [-0.3, -0.25) is 14.9 Å². The molecule has 0 aromatic heterocycles. The predicted octanol–water partition coefficient (Wildman–Crippen LogP) is 1.67. The number of carboxylic acid groups (broad SMARTS) is 1. The quantitative estimate of drug-likeness (QED) is 0.611. The van der Waals surface area contributed by atoms with E-state index in [9.17, 15) is 19.3 Å². The van der Waals surface area contributed by atoms with E-state index in [4.69, 9.17) is 5.11 Å². The predicted molar refractivity (Wildman–Crippen MR) is 49.1 cm³/mol. The molecular formula is C9H8FNO4. The van der Waals surface area contributed by atoms with Crippen molar-refractivity contribution in [2.45, 2.75) is 13.3 Å². The van der Waals surface area contributed by atoms with Crippen molar-refractivity contribution >= 4 is 11.7 Å². The molecule has 0 aliphatic carbocycles. The molecule has 0 fully saturated rings. The van der Waals surface area contributed by atoms with Crippen LogP contribution in [0.15, 0.2) is 12.1 Å². The van der Waals surface area contributed by atoms with Crippen molar-refractivity contribution in [2.75, 3.05) is 0 Å². The number of aliphatic carboxylic acids is 1. The lowest BCUT2D eigenvalue weighted by Gasteiger charge is -2.02. The minimum atomic E-state index is -1.23. The van der Waals surface area contributed by atoms with Crippen LogP contribution in [0.5, 0.6) is 0 Å². The van der Waals surface area contributed by atoms with Crippen LogP contribution in [0.1, 0.15) is 11.1 Å². The van der Waals surface area contributed by atoms with E-state index in [-0.39, 0.29) is 5.56 Å². The standard InChI is InChI=1S/C9H8FNO4/c1-5-2-6(4-8(12)13)9(11(14)15)7(10)3-5/h2-3H,4H2,1H3,(H,12,13). The second-order valence-electron chi connectivity index (χ2n) is 3.08. The lowest BCUT2D eigenvalue weighted by Crippen LogP contribution is -2.06. The number of hydrogen-bond acceptors (Lipinski definition) is 3. The van der Waals surface area contributed by atoms with Crippen LogP contribution in [0.25, 0.3) is 0 Å². The summed E-state index contributed by atoms with van der Waals surface area (Å²) in [6.45, 7) is 1.54. The topological polar surface area (TPSA) is 80.4 Å². The molecule has 0 spiro atoms. The maximum atomic E-state index is 13.2. The van der Waals surface area contributed by atoms with Crippen molar-refractivity contribution in [3.05, 3.63) is 39.2 Å². The van der Waals surface area contributed by atoms with E-state index in [1.165, 1.54) is 13.0 Å². The molecule has 1 aromatic carbocycles. The van der Waals surface area contributed by atoms with Crippen LogP contribution < -0.4 is 0 Å². The first-order valence-corrected chi connectivity index (χ1v) is 4.07. The molecule has 1 aromatic rings. The van der Waals surface area contributed by atoms with E-state index in [0.29, 0.717) is 5.56 Å². The highest BCUT2D eigenvalue weighted by molar-refractivity contribution is 5.72. The number of nitrogens with zero attached hydrogens (tertiary/aromatic N) is 1. The molecule has 1 N–H and O–H groups in total. The second-order valence-corrected chi connectivity index (χ2v) is 3.08. The Bertz CT molecular complexity index is 430. The summed E-state index contributed by atoms with van der Waals surface area (Å²) in [5.41, 5.74) is -0.428. The Hall–Kier alpha value is -1.98. The van der Waals surface area contributed by atoms with Gasteiger partial charge in [0.1, 0.15) is 0 Å². The number of carbonyl (C=O) groups is 1. The highest BCUT2D eigenvalue weighted by Gasteiger charge is 2.22. The highest BCUT2D eigenvalue weighted by Crippen LogP contribution is 2.24. The summed E-state index contributed by atoms with van der Waals surface area (Å²) in [5, 5.41) is 19.0. The third-order valence-corrected chi connectivity index (χ3v) is 1.81. The monoisotopic (exact) mass is 213 g/mol. The third kappa shape index (κ3) is 2.49. The van der Waals surface area contributed by atoms with Crippen molar-refractivity contribution in [1.29, 1.82) is 0 Å². The molecule has 0 amide bonds. The van der Waals surface area contributed by atoms with E-state index in [1.807, 2.05) is 0 Å². The number of benzene rings is 1. The Labute approximate surface area is 84.3 Å². The Morgan fingerprint density at radius 1 is 1.60 bits per heavy atom. The number of carboxylic acids is 1. The molecule has 6 heteroatoms. The summed E-state index contributed by atoms with van der Waals surface area (Å²) in [5.74, 6) is -2.24. The summed E-state index contributed by atoms with van der Waals surface area (Å²) in [6, 6.07) is 2.30. The van der Waals surface area contributed by atoms with Gasteiger partial charge in [0.15, 0.2) is 0 Å². The molecule has 0 bridgehead atoms. The minimum absolute atomic E-state index is 0.120. The van der Waals surface area contributed by atoms with E-state index in [0.717, 1.165) is 6.07 Å². The number of nitro groups is 1. The number of nitro benzene ring substituents is 1. The Morgan fingerprint density at radius 3 is 2.67 bits per heavy atom. The summed E-state index contributed by atoms with van der Waals surface area (Å²) in [7, 11) is 0. The maximum absolute atomic E-state index is 13.2. The summed E-state index contributed by atoms with van der Waals surface area (Å²) in [6.07, 6.45) is -0.561. The molecule has 0 saturated heterocycles. The van der Waals surface area contributed by atoms with Crippen molar-refractivity contribution in [3.63, 3.8) is 0 Å². The number of rotatable bonds is 3. The Morgan fingerprint density at radius 2 is 2.20 bits per heavy atom. The van der Waals surface area contributed by atoms with Gasteiger partial charge in [0.05, 0.1) is 11.3 Å². The van der Waals surface area contributed by atoms with E-state index < -0.39 is 28.8 Å². The van der Waals surface area contributed by atoms with Gasteiger partial charge in [-0.15, -0.1) is 0 Å². The van der Waals surface area contributed by atoms with Crippen LogP contribution in [0.2, 0.25) is 0 Å². The zero-order valence-electron chi connectivity index (χ0n) is 7.86. The average Bonchev–Trinajstić information content (AvgIpc) is 1.99. The molecule has 15 heavy (non-hydrogen) atoms. The third-order valence-electron chi connectivity index (χ3n) is 1.81. The second kappa shape index (κ2) is 4.04. The largest absolute Gasteiger partial charge is 0.481 e. The van der Waals surface area contributed by atoms with Crippen molar-refractivity contribution in [1.82, 2.24) is 0 Å². The fourth-order valence-corrected chi connectivity index (χ4v) is 1.31. The average molecular weight is 213 g/mol. The van der Waals surface area contributed by atoms with Gasteiger partial charge in [-0.25, -0.2) is 0 Å². The van der Waals surface area contributed by atoms with Gasteiger partial charge in [-0.2, -0.15) is 4.39 Å². The first-order valence-electron chi connectivity index (χ1n) is 4.07. The number of hydrogen-bond donors (Lipinski definition) is 1. The van der Waals surface area contributed by atoms with Gasteiger partial charge < -0.3 is 5.11 Å². The molecular weight excluding hydrogens is 205 g/mol. The maximum Gasteiger partial charge on any atom is 0.308 e. The van der Waals surface area contributed by atoms with Crippen LogP contribution in [0.4, 0.5) is 10.1 Å². The Balaban J connectivity index is 3.33. The van der Waals surface area contributed by atoms with Gasteiger partial charge >= 0.3 is 11.7 Å². The molecule has 80 valence electrons. The molecule has 0 atom stereocenters. The first-order chi connectivity index (χ1) is 6.91. The highest BCUT2D eigenvalue weighted by atomic mass is 19.1. The minimum Gasteiger partial charge on any atom is -0.481 e. The number of halogens is 1. The van der Waals surface area contributed by atoms with Crippen LogP contribution >= 0.6 is 0 Å². The zero-order valence-corrected chi connectivity index (χ0v) is 7.86.